The van der Waals surface area contributed by atoms with Crippen molar-refractivity contribution in [3.8, 4) is 0 Å². The molecule has 0 amide bonds. The van der Waals surface area contributed by atoms with Gasteiger partial charge < -0.3 is 4.90 Å². The molecule has 1 aliphatic carbocycles. The fraction of sp³-hybridized carbons (Fsp3) is 0.184. The van der Waals surface area contributed by atoms with Crippen LogP contribution in [0.5, 0.6) is 0 Å². The first-order chi connectivity index (χ1) is 21.2. The first-order valence-electron chi connectivity index (χ1n) is 15.0. The minimum Gasteiger partial charge on any atom is -0.367 e. The van der Waals surface area contributed by atoms with Crippen LogP contribution in [0.1, 0.15) is 41.7 Å². The van der Waals surface area contributed by atoms with Gasteiger partial charge in [0.2, 0.25) is 0 Å². The fourth-order valence-electron chi connectivity index (χ4n) is 5.50. The molecule has 0 radical (unpaired) electrons. The second kappa shape index (κ2) is 13.8. The summed E-state index contributed by atoms with van der Waals surface area (Å²) in [5.41, 5.74) is 10.1. The van der Waals surface area contributed by atoms with Gasteiger partial charge in [-0.1, -0.05) is 84.4 Å². The van der Waals surface area contributed by atoms with Gasteiger partial charge in [0.15, 0.2) is 12.3 Å². The smallest absolute Gasteiger partial charge is 0.294 e. The molecule has 6 heteroatoms. The third kappa shape index (κ3) is 7.51. The van der Waals surface area contributed by atoms with E-state index in [0.717, 1.165) is 53.2 Å². The van der Waals surface area contributed by atoms with Crippen molar-refractivity contribution < 1.29 is 17.5 Å². The maximum absolute atomic E-state index is 11.6. The van der Waals surface area contributed by atoms with E-state index in [-0.39, 0.29) is 4.90 Å². The molecule has 0 saturated carbocycles. The van der Waals surface area contributed by atoms with E-state index in [9.17, 15) is 13.0 Å². The van der Waals surface area contributed by atoms with Crippen LogP contribution in [-0.2, 0) is 23.2 Å². The van der Waals surface area contributed by atoms with Gasteiger partial charge in [0, 0.05) is 36.5 Å². The molecule has 0 bridgehead atoms. The first kappa shape index (κ1) is 30.9. The number of nitrogens with zero attached hydrogens (tertiary/aromatic N) is 2. The highest BCUT2D eigenvalue weighted by Crippen LogP contribution is 2.31. The van der Waals surface area contributed by atoms with Crippen molar-refractivity contribution in [2.24, 2.45) is 0 Å². The zero-order chi connectivity index (χ0) is 31.1. The second-order valence-corrected chi connectivity index (χ2v) is 12.4. The molecule has 0 atom stereocenters. The van der Waals surface area contributed by atoms with Crippen LogP contribution < -0.4 is 4.90 Å². The molecule has 0 unspecified atom stereocenters. The highest BCUT2D eigenvalue weighted by molar-refractivity contribution is 7.85. The normalized spacial score (nSPS) is 12.8. The molecule has 0 heterocycles. The van der Waals surface area contributed by atoms with Crippen LogP contribution in [0, 0.1) is 6.92 Å². The molecule has 5 nitrogen and oxygen atoms in total. The summed E-state index contributed by atoms with van der Waals surface area (Å²) in [7, 11) is -4.25. The molecule has 0 aliphatic heterocycles. The number of rotatable bonds is 10. The van der Waals surface area contributed by atoms with Crippen LogP contribution in [0.4, 0.5) is 5.69 Å². The fourth-order valence-corrected chi connectivity index (χ4v) is 6.05. The Bertz CT molecular complexity index is 1820. The predicted octanol–water partition coefficient (Wildman–Crippen LogP) is 7.87. The van der Waals surface area contributed by atoms with Gasteiger partial charge >= 0.3 is 0 Å². The monoisotopic (exact) mass is 603 g/mol. The minimum atomic E-state index is -4.25. The van der Waals surface area contributed by atoms with Crippen LogP contribution in [0.15, 0.2) is 138 Å². The molecule has 4 aromatic carbocycles. The number of hydrogen-bond acceptors (Lipinski definition) is 3. The van der Waals surface area contributed by atoms with Crippen LogP contribution in [0.2, 0.25) is 0 Å². The van der Waals surface area contributed by atoms with Crippen LogP contribution in [-0.4, -0.2) is 36.3 Å². The van der Waals surface area contributed by atoms with E-state index in [1.54, 1.807) is 6.07 Å². The van der Waals surface area contributed by atoms with E-state index < -0.39 is 10.1 Å². The summed E-state index contributed by atoms with van der Waals surface area (Å²) in [5.74, 6) is 0. The van der Waals surface area contributed by atoms with Gasteiger partial charge in [-0.2, -0.15) is 8.42 Å². The molecule has 0 fully saturated rings. The third-order valence-corrected chi connectivity index (χ3v) is 8.78. The van der Waals surface area contributed by atoms with E-state index in [0.29, 0.717) is 6.54 Å². The molecule has 44 heavy (non-hydrogen) atoms. The summed E-state index contributed by atoms with van der Waals surface area (Å²) in [6, 6.07) is 34.5. The van der Waals surface area contributed by atoms with Crippen molar-refractivity contribution in [2.45, 2.75) is 38.8 Å². The Morgan fingerprint density at radius 2 is 1.36 bits per heavy atom. The van der Waals surface area contributed by atoms with Crippen molar-refractivity contribution in [1.82, 2.24) is 0 Å². The Hall–Kier alpha value is -4.52. The summed E-state index contributed by atoms with van der Waals surface area (Å²) in [6.07, 6.45) is 8.55. The molecule has 224 valence electrons. The summed E-state index contributed by atoms with van der Waals surface area (Å²) in [6.45, 7) is 9.40. The Morgan fingerprint density at radius 1 is 0.750 bits per heavy atom. The molecule has 1 aliphatic rings. The van der Waals surface area contributed by atoms with Crippen molar-refractivity contribution >= 4 is 27.1 Å². The van der Waals surface area contributed by atoms with Gasteiger partial charge in [0.25, 0.3) is 10.1 Å². The lowest BCUT2D eigenvalue weighted by Gasteiger charge is -2.24. The van der Waals surface area contributed by atoms with E-state index in [2.05, 4.69) is 133 Å². The number of benzene rings is 4. The summed E-state index contributed by atoms with van der Waals surface area (Å²) < 4.78 is 34.9. The maximum Gasteiger partial charge on any atom is 0.294 e. The van der Waals surface area contributed by atoms with Crippen LogP contribution in [0.25, 0.3) is 5.57 Å². The number of anilines is 1. The molecule has 4 aromatic rings. The lowest BCUT2D eigenvalue weighted by atomic mass is 9.90. The SMILES string of the molecule is CCN(Cc1ccccc1)c1ccc(C(=C2C=CC(=[N+](CC)Cc3cccc(S(=O)(=O)O)c3)C=C2)c2ccc(C)cc2)cc1. The highest BCUT2D eigenvalue weighted by Gasteiger charge is 2.17. The topological polar surface area (TPSA) is 60.6 Å². The van der Waals surface area contributed by atoms with Crippen molar-refractivity contribution in [3.05, 3.63) is 161 Å². The van der Waals surface area contributed by atoms with Gasteiger partial charge in [-0.3, -0.25) is 4.55 Å². The van der Waals surface area contributed by atoms with Crippen LogP contribution >= 0.6 is 0 Å². The molecule has 1 N–H and O–H groups in total. The summed E-state index contributed by atoms with van der Waals surface area (Å²) in [5, 5.41) is 0. The minimum absolute atomic E-state index is 0.0908. The lowest BCUT2D eigenvalue weighted by Crippen LogP contribution is -2.21. The Labute approximate surface area is 261 Å². The van der Waals surface area contributed by atoms with Crippen molar-refractivity contribution in [1.29, 1.82) is 0 Å². The molecular weight excluding hydrogens is 564 g/mol. The zero-order valence-electron chi connectivity index (χ0n) is 25.5. The van der Waals surface area contributed by atoms with Gasteiger partial charge in [-0.15, -0.1) is 0 Å². The van der Waals surface area contributed by atoms with E-state index in [1.165, 1.54) is 28.9 Å². The van der Waals surface area contributed by atoms with Gasteiger partial charge in [-0.05, 0) is 85.0 Å². The largest absolute Gasteiger partial charge is 0.367 e. The first-order valence-corrected chi connectivity index (χ1v) is 16.4. The lowest BCUT2D eigenvalue weighted by molar-refractivity contribution is -0.539. The summed E-state index contributed by atoms with van der Waals surface area (Å²) >= 11 is 0. The van der Waals surface area contributed by atoms with Gasteiger partial charge in [0.05, 0.1) is 4.90 Å². The average Bonchev–Trinajstić information content (AvgIpc) is 3.04. The van der Waals surface area contributed by atoms with Crippen molar-refractivity contribution in [2.75, 3.05) is 18.0 Å². The van der Waals surface area contributed by atoms with E-state index in [1.807, 2.05) is 6.07 Å². The molecule has 0 spiro atoms. The number of allylic oxidation sites excluding steroid dienone is 5. The maximum atomic E-state index is 11.6. The van der Waals surface area contributed by atoms with E-state index in [4.69, 9.17) is 0 Å². The Balaban J connectivity index is 1.47. The second-order valence-electron chi connectivity index (χ2n) is 11.0. The van der Waals surface area contributed by atoms with Crippen LogP contribution in [0.3, 0.4) is 0 Å². The molecule has 5 rings (SSSR count). The Kier molecular flexibility index (Phi) is 9.73. The molecule has 0 aromatic heterocycles. The van der Waals surface area contributed by atoms with Gasteiger partial charge in [-0.25, -0.2) is 4.58 Å². The zero-order valence-corrected chi connectivity index (χ0v) is 26.3. The van der Waals surface area contributed by atoms with E-state index >= 15 is 0 Å². The number of aryl methyl sites for hydroxylation is 1. The number of hydrogen-bond donors (Lipinski definition) is 1. The molecular formula is C38H39N2O3S+. The highest BCUT2D eigenvalue weighted by atomic mass is 32.2. The van der Waals surface area contributed by atoms with Gasteiger partial charge in [0.1, 0.15) is 6.54 Å². The third-order valence-electron chi connectivity index (χ3n) is 7.93. The quantitative estimate of drug-likeness (QED) is 0.148. The summed E-state index contributed by atoms with van der Waals surface area (Å²) in [4.78, 5) is 2.29. The van der Waals surface area contributed by atoms with Crippen molar-refractivity contribution in [3.63, 3.8) is 0 Å². The molecule has 0 saturated heterocycles. The Morgan fingerprint density at radius 3 is 1.95 bits per heavy atom. The standard InChI is InChI=1S/C38H38N2O3S/c1-4-39(27-30-10-7-6-8-11-30)35-22-18-33(19-23-35)38(32-16-14-29(3)15-17-32)34-20-24-36(25-21-34)40(5-2)28-31-12-9-13-37(26-31)44(41,42)43/h6-26H,4-5,27-28H2,1-3H3/p+1. The predicted molar refractivity (Wildman–Crippen MR) is 181 cm³/mol. The average molecular weight is 604 g/mol.